The number of benzene rings is 2. The lowest BCUT2D eigenvalue weighted by Crippen LogP contribution is -2.17. The molecule has 6 rings (SSSR count). The SMILES string of the molecule is CC(C)c1cnn2c(NCc3c(Cl)cccc3-n3ccc(C(C)(C)O)n3)nc(Nc3cccc4[nH]ccc34)nc12. The van der Waals surface area contributed by atoms with Gasteiger partial charge in [0.1, 0.15) is 5.60 Å². The van der Waals surface area contributed by atoms with Crippen molar-refractivity contribution in [2.45, 2.75) is 45.8 Å². The van der Waals surface area contributed by atoms with Gasteiger partial charge in [0.25, 0.3) is 0 Å². The van der Waals surface area contributed by atoms with Gasteiger partial charge in [-0.1, -0.05) is 37.6 Å². The summed E-state index contributed by atoms with van der Waals surface area (Å²) < 4.78 is 3.44. The molecule has 4 heterocycles. The van der Waals surface area contributed by atoms with Gasteiger partial charge in [0.05, 0.1) is 23.3 Å². The van der Waals surface area contributed by atoms with E-state index in [1.807, 2.05) is 61.1 Å². The van der Waals surface area contributed by atoms with Crippen molar-refractivity contribution in [2.24, 2.45) is 0 Å². The summed E-state index contributed by atoms with van der Waals surface area (Å²) in [6.45, 7) is 7.99. The zero-order chi connectivity index (χ0) is 28.0. The normalized spacial score (nSPS) is 12.1. The van der Waals surface area contributed by atoms with E-state index in [0.717, 1.165) is 39.1 Å². The van der Waals surface area contributed by atoms with E-state index in [1.165, 1.54) is 0 Å². The average molecular weight is 556 g/mol. The van der Waals surface area contributed by atoms with Crippen molar-refractivity contribution in [2.75, 3.05) is 10.6 Å². The molecule has 204 valence electrons. The van der Waals surface area contributed by atoms with Gasteiger partial charge in [-0.2, -0.15) is 24.7 Å². The smallest absolute Gasteiger partial charge is 0.232 e. The van der Waals surface area contributed by atoms with Crippen LogP contribution in [0.1, 0.15) is 50.4 Å². The van der Waals surface area contributed by atoms with E-state index in [4.69, 9.17) is 21.6 Å². The molecular weight excluding hydrogens is 526 g/mol. The van der Waals surface area contributed by atoms with E-state index in [9.17, 15) is 5.11 Å². The molecule has 6 aromatic rings. The van der Waals surface area contributed by atoms with E-state index in [1.54, 1.807) is 29.1 Å². The van der Waals surface area contributed by atoms with Crippen molar-refractivity contribution in [3.63, 3.8) is 0 Å². The van der Waals surface area contributed by atoms with Crippen molar-refractivity contribution >= 4 is 45.7 Å². The predicted octanol–water partition coefficient (Wildman–Crippen LogP) is 6.15. The molecule has 0 fully saturated rings. The number of aromatic amines is 1. The van der Waals surface area contributed by atoms with Crippen molar-refractivity contribution in [1.82, 2.24) is 34.3 Å². The Morgan fingerprint density at radius 3 is 2.67 bits per heavy atom. The minimum absolute atomic E-state index is 0.223. The van der Waals surface area contributed by atoms with Crippen LogP contribution in [0.5, 0.6) is 0 Å². The predicted molar refractivity (Wildman–Crippen MR) is 158 cm³/mol. The quantitative estimate of drug-likeness (QED) is 0.178. The van der Waals surface area contributed by atoms with Gasteiger partial charge >= 0.3 is 0 Å². The maximum Gasteiger partial charge on any atom is 0.232 e. The third kappa shape index (κ3) is 4.76. The Bertz CT molecular complexity index is 1830. The number of nitrogens with one attached hydrogen (secondary N) is 3. The Morgan fingerprint density at radius 1 is 1.07 bits per heavy atom. The maximum atomic E-state index is 10.4. The average Bonchev–Trinajstić information content (AvgIpc) is 3.67. The van der Waals surface area contributed by atoms with E-state index in [2.05, 4.69) is 39.7 Å². The molecule has 0 spiro atoms. The second-order valence-corrected chi connectivity index (χ2v) is 10.9. The van der Waals surface area contributed by atoms with Crippen LogP contribution in [0.15, 0.2) is 67.1 Å². The summed E-state index contributed by atoms with van der Waals surface area (Å²) in [4.78, 5) is 12.9. The number of anilines is 3. The van der Waals surface area contributed by atoms with E-state index >= 15 is 0 Å². The van der Waals surface area contributed by atoms with Gasteiger partial charge in [0, 0.05) is 46.0 Å². The summed E-state index contributed by atoms with van der Waals surface area (Å²) in [5, 5.41) is 28.0. The van der Waals surface area contributed by atoms with Crippen molar-refractivity contribution in [3.05, 3.63) is 89.0 Å². The number of aliphatic hydroxyl groups is 1. The highest BCUT2D eigenvalue weighted by Crippen LogP contribution is 2.29. The van der Waals surface area contributed by atoms with E-state index in [0.29, 0.717) is 29.2 Å². The van der Waals surface area contributed by atoms with Crippen molar-refractivity contribution in [3.8, 4) is 5.69 Å². The van der Waals surface area contributed by atoms with Gasteiger partial charge in [-0.3, -0.25) is 0 Å². The van der Waals surface area contributed by atoms with Gasteiger partial charge in [-0.25, -0.2) is 4.68 Å². The number of fused-ring (bicyclic) bond motifs is 2. The van der Waals surface area contributed by atoms with E-state index in [-0.39, 0.29) is 5.92 Å². The van der Waals surface area contributed by atoms with Gasteiger partial charge in [0.15, 0.2) is 5.65 Å². The first-order valence-corrected chi connectivity index (χ1v) is 13.5. The van der Waals surface area contributed by atoms with Gasteiger partial charge in [-0.15, -0.1) is 0 Å². The minimum atomic E-state index is -1.06. The lowest BCUT2D eigenvalue weighted by Gasteiger charge is -2.16. The highest BCUT2D eigenvalue weighted by Gasteiger charge is 2.21. The number of rotatable bonds is 8. The molecule has 10 nitrogen and oxygen atoms in total. The lowest BCUT2D eigenvalue weighted by molar-refractivity contribution is 0.0734. The first-order valence-electron chi connectivity index (χ1n) is 13.1. The van der Waals surface area contributed by atoms with Crippen molar-refractivity contribution in [1.29, 1.82) is 0 Å². The standard InChI is InChI=1S/C29H30ClN9O/c1-17(2)19-16-33-39-26(19)35-27(34-23-9-6-8-22-18(23)11-13-31-22)36-28(39)32-15-20-21(30)7-5-10-24(20)38-14-12-25(37-38)29(3,4)40/h5-14,16-17,31,40H,15H2,1-4H3,(H2,32,34,35,36). The second kappa shape index (κ2) is 9.96. The van der Waals surface area contributed by atoms with Crippen LogP contribution in [0.4, 0.5) is 17.6 Å². The number of hydrogen-bond donors (Lipinski definition) is 4. The van der Waals surface area contributed by atoms with Crippen LogP contribution in [0.3, 0.4) is 0 Å². The molecule has 0 aliphatic rings. The highest BCUT2D eigenvalue weighted by molar-refractivity contribution is 6.31. The zero-order valence-corrected chi connectivity index (χ0v) is 23.4. The Morgan fingerprint density at radius 2 is 1.90 bits per heavy atom. The molecule has 0 aliphatic heterocycles. The largest absolute Gasteiger partial charge is 0.384 e. The molecule has 0 bridgehead atoms. The molecule has 11 heteroatoms. The number of nitrogens with zero attached hydrogens (tertiary/aromatic N) is 6. The summed E-state index contributed by atoms with van der Waals surface area (Å²) >= 11 is 6.69. The third-order valence-corrected chi connectivity index (χ3v) is 7.19. The van der Waals surface area contributed by atoms with Gasteiger partial charge in [-0.05, 0) is 56.2 Å². The van der Waals surface area contributed by atoms with Gasteiger partial charge < -0.3 is 20.7 Å². The Hall–Kier alpha value is -4.41. The fourth-order valence-corrected chi connectivity index (χ4v) is 4.91. The molecule has 0 atom stereocenters. The summed E-state index contributed by atoms with van der Waals surface area (Å²) in [6.07, 6.45) is 5.56. The number of hydrogen-bond acceptors (Lipinski definition) is 7. The number of H-pyrrole nitrogens is 1. The second-order valence-electron chi connectivity index (χ2n) is 10.5. The molecule has 0 saturated heterocycles. The molecule has 4 N–H and O–H groups in total. The maximum absolute atomic E-state index is 10.4. The van der Waals surface area contributed by atoms with E-state index < -0.39 is 5.60 Å². The minimum Gasteiger partial charge on any atom is -0.384 e. The topological polar surface area (TPSA) is 121 Å². The first kappa shape index (κ1) is 25.8. The fourth-order valence-electron chi connectivity index (χ4n) is 4.68. The molecule has 0 amide bonds. The molecule has 0 aliphatic carbocycles. The van der Waals surface area contributed by atoms with Crippen LogP contribution >= 0.6 is 11.6 Å². The third-order valence-electron chi connectivity index (χ3n) is 6.84. The summed E-state index contributed by atoms with van der Waals surface area (Å²) in [6, 6.07) is 15.5. The molecule has 0 unspecified atom stereocenters. The first-order chi connectivity index (χ1) is 19.2. The Labute approximate surface area is 236 Å². The summed E-state index contributed by atoms with van der Waals surface area (Å²) in [5.74, 6) is 1.19. The summed E-state index contributed by atoms with van der Waals surface area (Å²) in [5.41, 5.74) is 4.78. The molecule has 4 aromatic heterocycles. The van der Waals surface area contributed by atoms with Crippen LogP contribution in [0.25, 0.3) is 22.2 Å². The molecular formula is C29H30ClN9O. The molecule has 0 radical (unpaired) electrons. The Kier molecular flexibility index (Phi) is 6.44. The van der Waals surface area contributed by atoms with Crippen LogP contribution in [0.2, 0.25) is 5.02 Å². The Balaban J connectivity index is 1.38. The van der Waals surface area contributed by atoms with Gasteiger partial charge in [0.2, 0.25) is 11.9 Å². The van der Waals surface area contributed by atoms with Crippen LogP contribution in [0, 0.1) is 0 Å². The summed E-state index contributed by atoms with van der Waals surface area (Å²) in [7, 11) is 0. The zero-order valence-electron chi connectivity index (χ0n) is 22.6. The molecule has 0 saturated carbocycles. The number of halogens is 1. The molecule has 40 heavy (non-hydrogen) atoms. The fraction of sp³-hybridized carbons (Fsp3) is 0.241. The number of aromatic nitrogens is 7. The highest BCUT2D eigenvalue weighted by atomic mass is 35.5. The molecule has 2 aromatic carbocycles. The monoisotopic (exact) mass is 555 g/mol. The van der Waals surface area contributed by atoms with Crippen LogP contribution < -0.4 is 10.6 Å². The van der Waals surface area contributed by atoms with Crippen LogP contribution in [-0.4, -0.2) is 39.5 Å². The van der Waals surface area contributed by atoms with Crippen molar-refractivity contribution < 1.29 is 5.11 Å². The van der Waals surface area contributed by atoms with Crippen LogP contribution in [-0.2, 0) is 12.1 Å². The lowest BCUT2D eigenvalue weighted by atomic mass is 10.1.